The first-order valence-electron chi connectivity index (χ1n) is 5.76. The van der Waals surface area contributed by atoms with Crippen LogP contribution in [0, 0.1) is 0 Å². The molecule has 0 atom stereocenters. The highest BCUT2D eigenvalue weighted by Gasteiger charge is 2.07. The number of unbranched alkanes of at least 4 members (excludes halogenated alkanes) is 1. The van der Waals surface area contributed by atoms with Crippen molar-refractivity contribution in [2.45, 2.75) is 39.0 Å². The predicted molar refractivity (Wildman–Crippen MR) is 61.9 cm³/mol. The molecule has 0 saturated heterocycles. The molecule has 76 valence electrons. The first-order valence-corrected chi connectivity index (χ1v) is 5.76. The molecular weight excluding hydrogens is 170 g/mol. The number of rotatable bonds is 3. The molecule has 0 fully saturated rings. The summed E-state index contributed by atoms with van der Waals surface area (Å²) in [5.74, 6) is 0. The van der Waals surface area contributed by atoms with Crippen LogP contribution in [-0.2, 0) is 12.8 Å². The second kappa shape index (κ2) is 4.50. The fourth-order valence-electron chi connectivity index (χ4n) is 2.06. The van der Waals surface area contributed by atoms with Crippen molar-refractivity contribution in [3.63, 3.8) is 0 Å². The molecule has 0 amide bonds. The molecule has 1 aromatic rings. The van der Waals surface area contributed by atoms with E-state index in [-0.39, 0.29) is 0 Å². The largest absolute Gasteiger partial charge is 0.385 e. The highest BCUT2D eigenvalue weighted by atomic mass is 14.9. The van der Waals surface area contributed by atoms with Gasteiger partial charge in [-0.05, 0) is 42.9 Å². The van der Waals surface area contributed by atoms with Gasteiger partial charge in [0.25, 0.3) is 0 Å². The van der Waals surface area contributed by atoms with E-state index in [4.69, 9.17) is 0 Å². The number of hydrogen-bond acceptors (Lipinski definition) is 1. The van der Waals surface area contributed by atoms with E-state index >= 15 is 0 Å². The van der Waals surface area contributed by atoms with Gasteiger partial charge in [0.2, 0.25) is 0 Å². The van der Waals surface area contributed by atoms with E-state index in [0.29, 0.717) is 0 Å². The Morgan fingerprint density at radius 2 is 2.29 bits per heavy atom. The lowest BCUT2D eigenvalue weighted by Gasteiger charge is -2.18. The first-order chi connectivity index (χ1) is 6.90. The number of benzene rings is 1. The molecule has 0 radical (unpaired) electrons. The van der Waals surface area contributed by atoms with Gasteiger partial charge in [0.15, 0.2) is 0 Å². The van der Waals surface area contributed by atoms with Gasteiger partial charge in [-0.25, -0.2) is 0 Å². The van der Waals surface area contributed by atoms with E-state index in [1.165, 1.54) is 48.9 Å². The number of anilines is 1. The minimum absolute atomic E-state index is 1.14. The molecule has 1 heteroatoms. The molecule has 0 bridgehead atoms. The summed E-state index contributed by atoms with van der Waals surface area (Å²) < 4.78 is 0. The van der Waals surface area contributed by atoms with Crippen LogP contribution in [-0.4, -0.2) is 6.54 Å². The van der Waals surface area contributed by atoms with Gasteiger partial charge in [0, 0.05) is 12.2 Å². The lowest BCUT2D eigenvalue weighted by Crippen LogP contribution is -2.11. The predicted octanol–water partition coefficient (Wildman–Crippen LogP) is 3.39. The quantitative estimate of drug-likeness (QED) is 0.768. The lowest BCUT2D eigenvalue weighted by molar-refractivity contribution is 0.787. The average molecular weight is 189 g/mol. The second-order valence-corrected chi connectivity index (χ2v) is 4.13. The van der Waals surface area contributed by atoms with Crippen LogP contribution in [0.1, 0.15) is 37.3 Å². The zero-order valence-corrected chi connectivity index (χ0v) is 8.97. The summed E-state index contributed by atoms with van der Waals surface area (Å²) in [6.45, 7) is 3.39. The van der Waals surface area contributed by atoms with Crippen LogP contribution >= 0.6 is 0 Å². The Kier molecular flexibility index (Phi) is 3.07. The minimum Gasteiger partial charge on any atom is -0.385 e. The molecule has 1 nitrogen and oxygen atoms in total. The van der Waals surface area contributed by atoms with Crippen LogP contribution in [0.25, 0.3) is 0 Å². The number of hydrogen-bond donors (Lipinski definition) is 1. The van der Waals surface area contributed by atoms with E-state index in [2.05, 4.69) is 30.4 Å². The van der Waals surface area contributed by atoms with E-state index in [0.717, 1.165) is 6.54 Å². The van der Waals surface area contributed by atoms with Crippen LogP contribution in [0.2, 0.25) is 0 Å². The Morgan fingerprint density at radius 3 is 3.14 bits per heavy atom. The fraction of sp³-hybridized carbons (Fsp3) is 0.538. The van der Waals surface area contributed by atoms with E-state index in [9.17, 15) is 0 Å². The van der Waals surface area contributed by atoms with Crippen LogP contribution in [0.5, 0.6) is 0 Å². The molecule has 2 rings (SSSR count). The van der Waals surface area contributed by atoms with Gasteiger partial charge in [0.05, 0.1) is 0 Å². The normalized spacial score (nSPS) is 14.6. The summed E-state index contributed by atoms with van der Waals surface area (Å²) in [6, 6.07) is 6.91. The molecular formula is C13H19N. The lowest BCUT2D eigenvalue weighted by atomic mass is 9.98. The Morgan fingerprint density at radius 1 is 1.36 bits per heavy atom. The van der Waals surface area contributed by atoms with Crippen LogP contribution in [0.3, 0.4) is 0 Å². The van der Waals surface area contributed by atoms with Gasteiger partial charge in [-0.2, -0.15) is 0 Å². The standard InChI is InChI=1S/C13H19N/c1-2-3-5-11-7-8-13-12(10-11)6-4-9-14-13/h7-8,10,14H,2-6,9H2,1H3. The SMILES string of the molecule is CCCCc1ccc2c(c1)CCCN2. The smallest absolute Gasteiger partial charge is 0.0372 e. The third kappa shape index (κ3) is 2.09. The molecule has 1 aromatic carbocycles. The van der Waals surface area contributed by atoms with Crippen LogP contribution in [0.15, 0.2) is 18.2 Å². The van der Waals surface area contributed by atoms with Crippen molar-refractivity contribution in [3.05, 3.63) is 29.3 Å². The van der Waals surface area contributed by atoms with Crippen LogP contribution < -0.4 is 5.32 Å². The molecule has 0 spiro atoms. The van der Waals surface area contributed by atoms with Gasteiger partial charge in [-0.3, -0.25) is 0 Å². The zero-order chi connectivity index (χ0) is 9.80. The number of nitrogens with one attached hydrogen (secondary N) is 1. The number of fused-ring (bicyclic) bond motifs is 1. The van der Waals surface area contributed by atoms with Crippen LogP contribution in [0.4, 0.5) is 5.69 Å². The van der Waals surface area contributed by atoms with Crippen molar-refractivity contribution < 1.29 is 0 Å². The summed E-state index contributed by atoms with van der Waals surface area (Å²) in [5.41, 5.74) is 4.38. The Labute approximate surface area is 86.5 Å². The van der Waals surface area contributed by atoms with Crippen molar-refractivity contribution in [1.29, 1.82) is 0 Å². The highest BCUT2D eigenvalue weighted by molar-refractivity contribution is 5.54. The fourth-order valence-corrected chi connectivity index (χ4v) is 2.06. The van der Waals surface area contributed by atoms with E-state index < -0.39 is 0 Å². The Hall–Kier alpha value is -0.980. The highest BCUT2D eigenvalue weighted by Crippen LogP contribution is 2.23. The molecule has 0 unspecified atom stereocenters. The second-order valence-electron chi connectivity index (χ2n) is 4.13. The molecule has 0 saturated carbocycles. The van der Waals surface area contributed by atoms with Gasteiger partial charge < -0.3 is 5.32 Å². The Bertz CT molecular complexity index is 304. The molecule has 14 heavy (non-hydrogen) atoms. The maximum absolute atomic E-state index is 3.45. The average Bonchev–Trinajstić information content (AvgIpc) is 2.26. The monoisotopic (exact) mass is 189 g/mol. The summed E-state index contributed by atoms with van der Waals surface area (Å²) in [7, 11) is 0. The third-order valence-corrected chi connectivity index (χ3v) is 2.93. The zero-order valence-electron chi connectivity index (χ0n) is 8.97. The van der Waals surface area contributed by atoms with Gasteiger partial charge in [-0.15, -0.1) is 0 Å². The molecule has 1 heterocycles. The molecule has 0 aromatic heterocycles. The molecule has 0 aliphatic carbocycles. The van der Waals surface area contributed by atoms with Gasteiger partial charge in [0.1, 0.15) is 0 Å². The van der Waals surface area contributed by atoms with Crippen molar-refractivity contribution in [1.82, 2.24) is 0 Å². The minimum atomic E-state index is 1.14. The Balaban J connectivity index is 2.12. The molecule has 1 aliphatic heterocycles. The maximum atomic E-state index is 3.45. The summed E-state index contributed by atoms with van der Waals surface area (Å²) in [6.07, 6.45) is 6.37. The number of aryl methyl sites for hydroxylation is 2. The van der Waals surface area contributed by atoms with Gasteiger partial charge >= 0.3 is 0 Å². The molecule has 1 aliphatic rings. The van der Waals surface area contributed by atoms with Gasteiger partial charge in [-0.1, -0.05) is 25.5 Å². The van der Waals surface area contributed by atoms with E-state index in [1.54, 1.807) is 0 Å². The molecule has 1 N–H and O–H groups in total. The first kappa shape index (κ1) is 9.57. The summed E-state index contributed by atoms with van der Waals surface area (Å²) in [5, 5.41) is 3.45. The van der Waals surface area contributed by atoms with E-state index in [1.807, 2.05) is 0 Å². The van der Waals surface area contributed by atoms with Crippen molar-refractivity contribution in [2.75, 3.05) is 11.9 Å². The summed E-state index contributed by atoms with van der Waals surface area (Å²) >= 11 is 0. The topological polar surface area (TPSA) is 12.0 Å². The maximum Gasteiger partial charge on any atom is 0.0372 e. The van der Waals surface area contributed by atoms with Crippen molar-refractivity contribution >= 4 is 5.69 Å². The van der Waals surface area contributed by atoms with Crippen molar-refractivity contribution in [2.24, 2.45) is 0 Å². The van der Waals surface area contributed by atoms with Crippen molar-refractivity contribution in [3.8, 4) is 0 Å². The third-order valence-electron chi connectivity index (χ3n) is 2.93. The summed E-state index contributed by atoms with van der Waals surface area (Å²) in [4.78, 5) is 0.